The maximum Gasteiger partial charge on any atom is 0.343 e. The first-order chi connectivity index (χ1) is 8.68. The molecule has 2 heteroatoms. The van der Waals surface area contributed by atoms with Crippen molar-refractivity contribution < 1.29 is 9.53 Å². The van der Waals surface area contributed by atoms with E-state index in [0.29, 0.717) is 11.5 Å². The molecule has 0 saturated heterocycles. The Morgan fingerprint density at radius 2 is 1.78 bits per heavy atom. The molecule has 0 bridgehead atoms. The quantitative estimate of drug-likeness (QED) is 0.740. The van der Waals surface area contributed by atoms with Crippen LogP contribution in [0.5, 0.6) is 0 Å². The van der Waals surface area contributed by atoms with E-state index in [4.69, 9.17) is 4.74 Å². The lowest BCUT2D eigenvalue weighted by molar-refractivity contribution is 0.0600. The van der Waals surface area contributed by atoms with E-state index in [1.165, 1.54) is 12.0 Å². The number of carbonyl (C=O) groups excluding carboxylic acids is 1. The first-order valence-electron chi connectivity index (χ1n) is 6.67. The molecular weight excluding hydrogens is 224 g/mol. The van der Waals surface area contributed by atoms with Crippen molar-refractivity contribution >= 4 is 5.97 Å². The summed E-state index contributed by atoms with van der Waals surface area (Å²) < 4.78 is 5.59. The molecule has 0 radical (unpaired) electrons. The number of hydrogen-bond donors (Lipinski definition) is 0. The normalized spacial score (nSPS) is 15.9. The minimum absolute atomic E-state index is 0.231. The fourth-order valence-electron chi connectivity index (χ4n) is 2.37. The van der Waals surface area contributed by atoms with Crippen LogP contribution in [0, 0.1) is 5.92 Å². The molecule has 18 heavy (non-hydrogen) atoms. The number of carbonyl (C=O) groups is 1. The van der Waals surface area contributed by atoms with E-state index in [1.54, 1.807) is 12.1 Å². The highest BCUT2D eigenvalue weighted by molar-refractivity contribution is 5.90. The van der Waals surface area contributed by atoms with Crippen molar-refractivity contribution in [1.82, 2.24) is 0 Å². The van der Waals surface area contributed by atoms with E-state index in [2.05, 4.69) is 13.8 Å². The van der Waals surface area contributed by atoms with Gasteiger partial charge in [-0.1, -0.05) is 32.0 Å². The molecule has 96 valence electrons. The predicted octanol–water partition coefficient (Wildman–Crippen LogP) is 4.33. The summed E-state index contributed by atoms with van der Waals surface area (Å²) in [5, 5.41) is 0. The van der Waals surface area contributed by atoms with Gasteiger partial charge < -0.3 is 4.74 Å². The molecule has 0 amide bonds. The van der Waals surface area contributed by atoms with Gasteiger partial charge in [0.2, 0.25) is 0 Å². The van der Waals surface area contributed by atoms with E-state index < -0.39 is 0 Å². The highest BCUT2D eigenvalue weighted by Crippen LogP contribution is 2.31. The Labute approximate surface area is 109 Å². The summed E-state index contributed by atoms with van der Waals surface area (Å²) in [6.07, 6.45) is 4.29. The summed E-state index contributed by atoms with van der Waals surface area (Å²) in [5.41, 5.74) is 1.93. The highest BCUT2D eigenvalue weighted by Gasteiger charge is 2.19. The molecule has 0 aliphatic heterocycles. The molecule has 2 nitrogen and oxygen atoms in total. The van der Waals surface area contributed by atoms with Crippen molar-refractivity contribution in [2.24, 2.45) is 5.92 Å². The number of allylic oxidation sites excluding steroid dienone is 2. The van der Waals surface area contributed by atoms with Gasteiger partial charge in [0, 0.05) is 6.42 Å². The Morgan fingerprint density at radius 1 is 1.11 bits per heavy atom. The topological polar surface area (TPSA) is 26.3 Å². The van der Waals surface area contributed by atoms with Gasteiger partial charge in [-0.15, -0.1) is 0 Å². The van der Waals surface area contributed by atoms with Gasteiger partial charge in [0.05, 0.1) is 5.56 Å². The van der Waals surface area contributed by atoms with Crippen molar-refractivity contribution in [3.05, 3.63) is 47.2 Å². The largest absolute Gasteiger partial charge is 0.428 e. The summed E-state index contributed by atoms with van der Waals surface area (Å²) in [7, 11) is 0. The molecule has 2 rings (SSSR count). The van der Waals surface area contributed by atoms with E-state index in [-0.39, 0.29) is 5.97 Å². The molecule has 1 aliphatic carbocycles. The lowest BCUT2D eigenvalue weighted by atomic mass is 9.90. The molecule has 0 N–H and O–H groups in total. The summed E-state index contributed by atoms with van der Waals surface area (Å²) in [6, 6.07) is 9.20. The molecule has 1 aromatic carbocycles. The highest BCUT2D eigenvalue weighted by atomic mass is 16.5. The van der Waals surface area contributed by atoms with Crippen LogP contribution in [0.3, 0.4) is 0 Å². The van der Waals surface area contributed by atoms with E-state index in [0.717, 1.165) is 25.0 Å². The molecule has 0 unspecified atom stereocenters. The van der Waals surface area contributed by atoms with Crippen LogP contribution in [0.4, 0.5) is 0 Å². The first kappa shape index (κ1) is 12.9. The van der Waals surface area contributed by atoms with Gasteiger partial charge >= 0.3 is 5.97 Å². The second-order valence-corrected chi connectivity index (χ2v) is 5.07. The Morgan fingerprint density at radius 3 is 2.44 bits per heavy atom. The SMILES string of the molecule is CC(C)C1=C(OC(=O)c2ccccc2)CCCC1. The zero-order valence-electron chi connectivity index (χ0n) is 11.1. The van der Waals surface area contributed by atoms with Crippen LogP contribution in [0.15, 0.2) is 41.7 Å². The van der Waals surface area contributed by atoms with Crippen molar-refractivity contribution in [2.45, 2.75) is 39.5 Å². The summed E-state index contributed by atoms with van der Waals surface area (Å²) in [6.45, 7) is 4.33. The van der Waals surface area contributed by atoms with Gasteiger partial charge in [-0.05, 0) is 42.9 Å². The third kappa shape index (κ3) is 3.00. The molecule has 1 aliphatic rings. The monoisotopic (exact) mass is 244 g/mol. The van der Waals surface area contributed by atoms with Crippen LogP contribution >= 0.6 is 0 Å². The van der Waals surface area contributed by atoms with Crippen LogP contribution in [-0.4, -0.2) is 5.97 Å². The minimum atomic E-state index is -0.231. The van der Waals surface area contributed by atoms with Gasteiger partial charge in [0.1, 0.15) is 5.76 Å². The lowest BCUT2D eigenvalue weighted by Gasteiger charge is -2.22. The Bertz CT molecular complexity index is 443. The smallest absolute Gasteiger partial charge is 0.343 e. The van der Waals surface area contributed by atoms with Gasteiger partial charge in [-0.2, -0.15) is 0 Å². The van der Waals surface area contributed by atoms with E-state index >= 15 is 0 Å². The molecule has 0 saturated carbocycles. The van der Waals surface area contributed by atoms with Gasteiger partial charge in [0.15, 0.2) is 0 Å². The van der Waals surface area contributed by atoms with Crippen LogP contribution in [0.2, 0.25) is 0 Å². The molecule has 0 atom stereocenters. The maximum absolute atomic E-state index is 12.0. The standard InChI is InChI=1S/C16H20O2/c1-12(2)14-10-6-7-11-15(14)18-16(17)13-8-4-3-5-9-13/h3-5,8-9,12H,6-7,10-11H2,1-2H3. The fourth-order valence-corrected chi connectivity index (χ4v) is 2.37. The van der Waals surface area contributed by atoms with Crippen molar-refractivity contribution in [3.8, 4) is 0 Å². The minimum Gasteiger partial charge on any atom is -0.428 e. The molecule has 0 aromatic heterocycles. The van der Waals surface area contributed by atoms with Crippen molar-refractivity contribution in [3.63, 3.8) is 0 Å². The Balaban J connectivity index is 2.15. The molecular formula is C16H20O2. The zero-order chi connectivity index (χ0) is 13.0. The molecule has 0 fully saturated rings. The van der Waals surface area contributed by atoms with Gasteiger partial charge in [0.25, 0.3) is 0 Å². The van der Waals surface area contributed by atoms with Crippen LogP contribution < -0.4 is 0 Å². The third-order valence-corrected chi connectivity index (χ3v) is 3.38. The average Bonchev–Trinajstić information content (AvgIpc) is 2.40. The van der Waals surface area contributed by atoms with E-state index in [1.807, 2.05) is 18.2 Å². The third-order valence-electron chi connectivity index (χ3n) is 3.38. The van der Waals surface area contributed by atoms with Crippen LogP contribution in [0.25, 0.3) is 0 Å². The lowest BCUT2D eigenvalue weighted by Crippen LogP contribution is -2.12. The van der Waals surface area contributed by atoms with Gasteiger partial charge in [-0.25, -0.2) is 4.79 Å². The summed E-state index contributed by atoms with van der Waals surface area (Å²) in [4.78, 5) is 12.0. The number of hydrogen-bond acceptors (Lipinski definition) is 2. The number of esters is 1. The number of rotatable bonds is 3. The Hall–Kier alpha value is -1.57. The maximum atomic E-state index is 12.0. The second kappa shape index (κ2) is 5.85. The number of benzene rings is 1. The van der Waals surface area contributed by atoms with Crippen LogP contribution in [0.1, 0.15) is 49.9 Å². The Kier molecular flexibility index (Phi) is 4.19. The summed E-state index contributed by atoms with van der Waals surface area (Å²) >= 11 is 0. The zero-order valence-corrected chi connectivity index (χ0v) is 11.1. The van der Waals surface area contributed by atoms with Crippen molar-refractivity contribution in [2.75, 3.05) is 0 Å². The second-order valence-electron chi connectivity index (χ2n) is 5.07. The van der Waals surface area contributed by atoms with Crippen molar-refractivity contribution in [1.29, 1.82) is 0 Å². The van der Waals surface area contributed by atoms with Gasteiger partial charge in [-0.3, -0.25) is 0 Å². The molecule has 0 heterocycles. The molecule has 1 aromatic rings. The van der Waals surface area contributed by atoms with E-state index in [9.17, 15) is 4.79 Å². The predicted molar refractivity (Wildman–Crippen MR) is 72.2 cm³/mol. The fraction of sp³-hybridized carbons (Fsp3) is 0.438. The molecule has 0 spiro atoms. The average molecular weight is 244 g/mol. The van der Waals surface area contributed by atoms with Crippen LogP contribution in [-0.2, 0) is 4.74 Å². The number of ether oxygens (including phenoxy) is 1. The first-order valence-corrected chi connectivity index (χ1v) is 6.67. The summed E-state index contributed by atoms with van der Waals surface area (Å²) in [5.74, 6) is 1.14.